The smallest absolute Gasteiger partial charge is 0.155 e. The number of aromatic nitrogens is 3. The first kappa shape index (κ1) is 12.3. The second kappa shape index (κ2) is 5.17. The minimum Gasteiger partial charge on any atom is -0.312 e. The number of nitrogens with one attached hydrogen (secondary N) is 1. The van der Waals surface area contributed by atoms with E-state index in [-0.39, 0.29) is 0 Å². The maximum Gasteiger partial charge on any atom is 0.155 e. The van der Waals surface area contributed by atoms with Crippen molar-refractivity contribution in [3.05, 3.63) is 29.2 Å². The molecule has 2 aromatic heterocycles. The summed E-state index contributed by atoms with van der Waals surface area (Å²) < 4.78 is 2.09. The zero-order chi connectivity index (χ0) is 13.4. The number of hydrogen-bond acceptors (Lipinski definition) is 3. The third-order valence-electron chi connectivity index (χ3n) is 4.80. The Balaban J connectivity index is 1.64. The maximum atomic E-state index is 4.85. The van der Waals surface area contributed by atoms with Gasteiger partial charge in [0, 0.05) is 37.3 Å². The monoisotopic (exact) mass is 270 g/mol. The first-order chi connectivity index (χ1) is 9.90. The van der Waals surface area contributed by atoms with E-state index in [9.17, 15) is 0 Å². The van der Waals surface area contributed by atoms with E-state index >= 15 is 0 Å². The molecule has 106 valence electrons. The molecule has 0 amide bonds. The van der Waals surface area contributed by atoms with Gasteiger partial charge in [-0.1, -0.05) is 32.1 Å². The van der Waals surface area contributed by atoms with Crippen molar-refractivity contribution in [2.45, 2.75) is 51.5 Å². The predicted octanol–water partition coefficient (Wildman–Crippen LogP) is 2.50. The van der Waals surface area contributed by atoms with Gasteiger partial charge in [0.1, 0.15) is 0 Å². The van der Waals surface area contributed by atoms with Crippen molar-refractivity contribution in [3.8, 4) is 0 Å². The molecule has 4 rings (SSSR count). The summed E-state index contributed by atoms with van der Waals surface area (Å²) in [4.78, 5) is 4.57. The molecule has 20 heavy (non-hydrogen) atoms. The predicted molar refractivity (Wildman–Crippen MR) is 78.7 cm³/mol. The van der Waals surface area contributed by atoms with E-state index in [2.05, 4.69) is 20.9 Å². The van der Waals surface area contributed by atoms with Gasteiger partial charge in [0.2, 0.25) is 0 Å². The van der Waals surface area contributed by atoms with Crippen molar-refractivity contribution >= 4 is 5.65 Å². The molecule has 1 fully saturated rings. The van der Waals surface area contributed by atoms with Gasteiger partial charge in [0.05, 0.1) is 11.4 Å². The van der Waals surface area contributed by atoms with Crippen LogP contribution in [0, 0.1) is 5.92 Å². The zero-order valence-electron chi connectivity index (χ0n) is 11.9. The van der Waals surface area contributed by atoms with Crippen LogP contribution in [0.2, 0.25) is 0 Å². The van der Waals surface area contributed by atoms with Crippen LogP contribution in [0.15, 0.2) is 12.3 Å². The van der Waals surface area contributed by atoms with Crippen molar-refractivity contribution in [2.24, 2.45) is 5.92 Å². The summed E-state index contributed by atoms with van der Waals surface area (Å²) in [7, 11) is 0. The Morgan fingerprint density at radius 2 is 2.15 bits per heavy atom. The van der Waals surface area contributed by atoms with Gasteiger partial charge < -0.3 is 5.32 Å². The Bertz CT molecular complexity index is 610. The molecule has 0 atom stereocenters. The fourth-order valence-electron chi connectivity index (χ4n) is 3.69. The Morgan fingerprint density at radius 3 is 3.05 bits per heavy atom. The van der Waals surface area contributed by atoms with Crippen LogP contribution in [0.3, 0.4) is 0 Å². The van der Waals surface area contributed by atoms with Crippen LogP contribution in [-0.2, 0) is 19.4 Å². The van der Waals surface area contributed by atoms with Crippen LogP contribution >= 0.6 is 0 Å². The molecule has 0 aromatic carbocycles. The first-order valence-corrected chi connectivity index (χ1v) is 7.96. The van der Waals surface area contributed by atoms with Crippen LogP contribution in [0.1, 0.15) is 49.1 Å². The summed E-state index contributed by atoms with van der Waals surface area (Å²) in [5, 5.41) is 8.24. The molecule has 2 aromatic rings. The molecule has 2 aliphatic rings. The minimum absolute atomic E-state index is 0.839. The van der Waals surface area contributed by atoms with Gasteiger partial charge in [-0.15, -0.1) is 0 Å². The molecule has 1 saturated carbocycles. The highest BCUT2D eigenvalue weighted by Crippen LogP contribution is 2.27. The second-order valence-electron chi connectivity index (χ2n) is 6.27. The quantitative estimate of drug-likeness (QED) is 0.911. The SMILES string of the molecule is c1nc2cc(CC3CCCCC3)nn2c2c1CNCC2. The summed E-state index contributed by atoms with van der Waals surface area (Å²) in [6, 6.07) is 2.19. The van der Waals surface area contributed by atoms with E-state index in [0.29, 0.717) is 0 Å². The lowest BCUT2D eigenvalue weighted by atomic mass is 9.86. The van der Waals surface area contributed by atoms with Crippen LogP contribution in [0.25, 0.3) is 5.65 Å². The Hall–Kier alpha value is -1.42. The van der Waals surface area contributed by atoms with Crippen molar-refractivity contribution in [3.63, 3.8) is 0 Å². The number of rotatable bonds is 2. The van der Waals surface area contributed by atoms with Crippen LogP contribution < -0.4 is 5.32 Å². The van der Waals surface area contributed by atoms with Crippen molar-refractivity contribution in [1.29, 1.82) is 0 Å². The highest BCUT2D eigenvalue weighted by molar-refractivity contribution is 5.42. The number of hydrogen-bond donors (Lipinski definition) is 1. The molecule has 0 unspecified atom stereocenters. The highest BCUT2D eigenvalue weighted by Gasteiger charge is 2.18. The maximum absolute atomic E-state index is 4.85. The van der Waals surface area contributed by atoms with Gasteiger partial charge in [0.25, 0.3) is 0 Å². The van der Waals surface area contributed by atoms with E-state index in [0.717, 1.165) is 37.5 Å². The van der Waals surface area contributed by atoms with Gasteiger partial charge in [-0.2, -0.15) is 5.10 Å². The zero-order valence-corrected chi connectivity index (χ0v) is 11.9. The Labute approximate surface area is 119 Å². The van der Waals surface area contributed by atoms with Gasteiger partial charge in [-0.3, -0.25) is 0 Å². The molecule has 0 spiro atoms. The van der Waals surface area contributed by atoms with Gasteiger partial charge in [-0.05, 0) is 12.3 Å². The van der Waals surface area contributed by atoms with E-state index in [1.54, 1.807) is 0 Å². The van der Waals surface area contributed by atoms with Crippen LogP contribution in [0.4, 0.5) is 0 Å². The highest BCUT2D eigenvalue weighted by atomic mass is 15.3. The summed E-state index contributed by atoms with van der Waals surface area (Å²) in [5.74, 6) is 0.839. The molecule has 0 saturated heterocycles. The summed E-state index contributed by atoms with van der Waals surface area (Å²) in [6.07, 6.45) is 11.2. The largest absolute Gasteiger partial charge is 0.312 e. The minimum atomic E-state index is 0.839. The van der Waals surface area contributed by atoms with Gasteiger partial charge in [0.15, 0.2) is 5.65 Å². The molecule has 3 heterocycles. The molecular formula is C16H22N4. The fourth-order valence-corrected chi connectivity index (χ4v) is 3.69. The molecule has 0 bridgehead atoms. The van der Waals surface area contributed by atoms with Crippen molar-refractivity contribution < 1.29 is 0 Å². The lowest BCUT2D eigenvalue weighted by Gasteiger charge is -2.20. The first-order valence-electron chi connectivity index (χ1n) is 7.96. The van der Waals surface area contributed by atoms with Gasteiger partial charge in [-0.25, -0.2) is 9.50 Å². The molecule has 1 aliphatic heterocycles. The molecule has 4 nitrogen and oxygen atoms in total. The topological polar surface area (TPSA) is 42.2 Å². The van der Waals surface area contributed by atoms with Crippen molar-refractivity contribution in [2.75, 3.05) is 6.54 Å². The van der Waals surface area contributed by atoms with Crippen LogP contribution in [0.5, 0.6) is 0 Å². The fraction of sp³-hybridized carbons (Fsp3) is 0.625. The normalized spacial score (nSPS) is 20.2. The average molecular weight is 270 g/mol. The van der Waals surface area contributed by atoms with E-state index in [1.807, 2.05) is 6.20 Å². The lowest BCUT2D eigenvalue weighted by molar-refractivity contribution is 0.354. The summed E-state index contributed by atoms with van der Waals surface area (Å²) in [6.45, 7) is 1.97. The molecular weight excluding hydrogens is 248 g/mol. The van der Waals surface area contributed by atoms with E-state index in [1.165, 1.54) is 49.1 Å². The van der Waals surface area contributed by atoms with Crippen molar-refractivity contribution in [1.82, 2.24) is 19.9 Å². The molecule has 1 N–H and O–H groups in total. The molecule has 4 heteroatoms. The van der Waals surface area contributed by atoms with Gasteiger partial charge >= 0.3 is 0 Å². The number of fused-ring (bicyclic) bond motifs is 3. The standard InChI is InChI=1S/C16H22N4/c1-2-4-12(5-3-1)8-14-9-16-18-11-13-10-17-7-6-15(13)20(16)19-14/h9,11-12,17H,1-8,10H2. The number of nitrogens with zero attached hydrogens (tertiary/aromatic N) is 3. The summed E-state index contributed by atoms with van der Waals surface area (Å²) >= 11 is 0. The average Bonchev–Trinajstić information content (AvgIpc) is 2.91. The molecule has 0 radical (unpaired) electrons. The third-order valence-corrected chi connectivity index (χ3v) is 4.80. The second-order valence-corrected chi connectivity index (χ2v) is 6.27. The lowest BCUT2D eigenvalue weighted by Crippen LogP contribution is -2.26. The molecule has 1 aliphatic carbocycles. The Kier molecular flexibility index (Phi) is 3.19. The van der Waals surface area contributed by atoms with E-state index in [4.69, 9.17) is 5.10 Å². The summed E-state index contributed by atoms with van der Waals surface area (Å²) in [5.41, 5.74) is 4.91. The van der Waals surface area contributed by atoms with E-state index < -0.39 is 0 Å². The Morgan fingerprint density at radius 1 is 1.25 bits per heavy atom. The van der Waals surface area contributed by atoms with Crippen LogP contribution in [-0.4, -0.2) is 21.1 Å². The third kappa shape index (κ3) is 2.22.